The molecule has 0 radical (unpaired) electrons. The van der Waals surface area contributed by atoms with Gasteiger partial charge in [0.2, 0.25) is 5.96 Å². The van der Waals surface area contributed by atoms with Crippen LogP contribution in [0, 0.1) is 5.41 Å². The minimum atomic E-state index is -0.325. The van der Waals surface area contributed by atoms with Gasteiger partial charge in [0.25, 0.3) is 5.91 Å². The molecular formula is C11H10N4OS. The minimum absolute atomic E-state index is 0.223. The van der Waals surface area contributed by atoms with Crippen molar-refractivity contribution in [1.29, 1.82) is 5.41 Å². The maximum atomic E-state index is 11.6. The molecule has 86 valence electrons. The van der Waals surface area contributed by atoms with Gasteiger partial charge in [-0.25, -0.2) is 0 Å². The summed E-state index contributed by atoms with van der Waals surface area (Å²) in [7, 11) is 0. The number of carbonyl (C=O) groups excluding carboxylic acids is 1. The number of aliphatic imine (C=N–C) groups is 1. The van der Waals surface area contributed by atoms with Crippen molar-refractivity contribution in [3.63, 3.8) is 0 Å². The predicted octanol–water partition coefficient (Wildman–Crippen LogP) is 1.14. The molecule has 0 aliphatic carbocycles. The number of nitrogens with one attached hydrogen (secondary N) is 2. The molecule has 1 saturated heterocycles. The number of carbonyl (C=O) groups is 1. The molecule has 4 N–H and O–H groups in total. The Balaban J connectivity index is 2.22. The van der Waals surface area contributed by atoms with E-state index in [0.717, 1.165) is 5.56 Å². The third-order valence-electron chi connectivity index (χ3n) is 1.97. The van der Waals surface area contributed by atoms with Crippen LogP contribution in [0.2, 0.25) is 0 Å². The molecule has 1 aliphatic heterocycles. The van der Waals surface area contributed by atoms with Crippen LogP contribution in [-0.4, -0.2) is 17.0 Å². The van der Waals surface area contributed by atoms with Gasteiger partial charge in [-0.2, -0.15) is 4.99 Å². The van der Waals surface area contributed by atoms with Crippen LogP contribution in [-0.2, 0) is 4.79 Å². The van der Waals surface area contributed by atoms with Gasteiger partial charge in [0.15, 0.2) is 5.17 Å². The quantitative estimate of drug-likeness (QED) is 0.394. The smallest absolute Gasteiger partial charge is 0.264 e. The topological polar surface area (TPSA) is 91.3 Å². The van der Waals surface area contributed by atoms with Crippen molar-refractivity contribution in [2.45, 2.75) is 0 Å². The zero-order valence-electron chi connectivity index (χ0n) is 8.81. The molecule has 5 nitrogen and oxygen atoms in total. The molecule has 0 bridgehead atoms. The lowest BCUT2D eigenvalue weighted by Gasteiger charge is -1.93. The van der Waals surface area contributed by atoms with E-state index in [1.807, 2.05) is 30.3 Å². The number of hydrogen-bond donors (Lipinski definition) is 3. The number of nitrogens with two attached hydrogens (primary N) is 1. The van der Waals surface area contributed by atoms with E-state index in [4.69, 9.17) is 11.1 Å². The molecule has 1 heterocycles. The Bertz CT molecular complexity index is 522. The van der Waals surface area contributed by atoms with Crippen molar-refractivity contribution >= 4 is 34.9 Å². The molecule has 0 unspecified atom stereocenters. The molecule has 2 rings (SSSR count). The molecule has 1 fully saturated rings. The number of hydrogen-bond acceptors (Lipinski definition) is 3. The molecule has 6 heteroatoms. The van der Waals surface area contributed by atoms with Crippen molar-refractivity contribution in [3.8, 4) is 0 Å². The summed E-state index contributed by atoms with van der Waals surface area (Å²) >= 11 is 1.17. The van der Waals surface area contributed by atoms with Gasteiger partial charge >= 0.3 is 0 Å². The highest BCUT2D eigenvalue weighted by molar-refractivity contribution is 8.18. The molecule has 1 aromatic rings. The molecular weight excluding hydrogens is 236 g/mol. The third-order valence-corrected chi connectivity index (χ3v) is 2.88. The first kappa shape index (κ1) is 11.4. The molecule has 0 spiro atoms. The van der Waals surface area contributed by atoms with Crippen molar-refractivity contribution in [1.82, 2.24) is 5.32 Å². The Labute approximate surface area is 102 Å². The molecule has 0 aromatic heterocycles. The Morgan fingerprint density at radius 2 is 2.12 bits per heavy atom. The van der Waals surface area contributed by atoms with E-state index in [-0.39, 0.29) is 11.9 Å². The molecule has 1 amide bonds. The largest absolute Gasteiger partial charge is 0.368 e. The van der Waals surface area contributed by atoms with E-state index in [9.17, 15) is 4.79 Å². The van der Waals surface area contributed by atoms with Gasteiger partial charge in [-0.3, -0.25) is 10.2 Å². The Hall–Kier alpha value is -2.08. The Morgan fingerprint density at radius 1 is 1.41 bits per heavy atom. The summed E-state index contributed by atoms with van der Waals surface area (Å²) in [5, 5.41) is 9.90. The summed E-state index contributed by atoms with van der Waals surface area (Å²) in [6, 6.07) is 9.51. The van der Waals surface area contributed by atoms with Crippen molar-refractivity contribution in [2.24, 2.45) is 10.7 Å². The Morgan fingerprint density at radius 3 is 2.76 bits per heavy atom. The number of guanidine groups is 1. The van der Waals surface area contributed by atoms with Gasteiger partial charge in [-0.15, -0.1) is 0 Å². The average Bonchev–Trinajstić information content (AvgIpc) is 2.59. The second kappa shape index (κ2) is 4.84. The van der Waals surface area contributed by atoms with Crippen LogP contribution in [0.25, 0.3) is 6.08 Å². The summed E-state index contributed by atoms with van der Waals surface area (Å²) in [4.78, 5) is 15.8. The first-order chi connectivity index (χ1) is 8.15. The van der Waals surface area contributed by atoms with Gasteiger partial charge in [0.1, 0.15) is 0 Å². The van der Waals surface area contributed by atoms with Crippen LogP contribution in [0.5, 0.6) is 0 Å². The first-order valence-corrected chi connectivity index (χ1v) is 5.65. The third kappa shape index (κ3) is 2.94. The van der Waals surface area contributed by atoms with E-state index in [1.165, 1.54) is 11.8 Å². The lowest BCUT2D eigenvalue weighted by molar-refractivity contribution is -0.115. The number of nitrogens with zero attached hydrogens (tertiary/aromatic N) is 1. The minimum Gasteiger partial charge on any atom is -0.368 e. The van der Waals surface area contributed by atoms with Gasteiger partial charge in [0, 0.05) is 0 Å². The van der Waals surface area contributed by atoms with Crippen LogP contribution in [0.4, 0.5) is 0 Å². The van der Waals surface area contributed by atoms with Gasteiger partial charge < -0.3 is 11.1 Å². The molecule has 0 saturated carbocycles. The Kier molecular flexibility index (Phi) is 3.24. The highest BCUT2D eigenvalue weighted by atomic mass is 32.2. The molecule has 1 aromatic carbocycles. The first-order valence-electron chi connectivity index (χ1n) is 4.84. The van der Waals surface area contributed by atoms with Crippen molar-refractivity contribution < 1.29 is 4.79 Å². The summed E-state index contributed by atoms with van der Waals surface area (Å²) in [6.07, 6.45) is 1.77. The number of amides is 1. The molecule has 17 heavy (non-hydrogen) atoms. The van der Waals surface area contributed by atoms with Crippen LogP contribution in [0.1, 0.15) is 5.56 Å². The van der Waals surface area contributed by atoms with Gasteiger partial charge in [0.05, 0.1) is 4.91 Å². The maximum absolute atomic E-state index is 11.6. The number of benzene rings is 1. The zero-order valence-corrected chi connectivity index (χ0v) is 9.62. The summed E-state index contributed by atoms with van der Waals surface area (Å²) in [6.45, 7) is 0. The highest BCUT2D eigenvalue weighted by Crippen LogP contribution is 2.25. The van der Waals surface area contributed by atoms with Crippen LogP contribution >= 0.6 is 11.8 Å². The maximum Gasteiger partial charge on any atom is 0.264 e. The fourth-order valence-electron chi connectivity index (χ4n) is 1.29. The summed E-state index contributed by atoms with van der Waals surface area (Å²) < 4.78 is 0. The van der Waals surface area contributed by atoms with E-state index in [1.54, 1.807) is 6.08 Å². The predicted molar refractivity (Wildman–Crippen MR) is 69.5 cm³/mol. The summed E-state index contributed by atoms with van der Waals surface area (Å²) in [5.41, 5.74) is 6.07. The normalized spacial score (nSPS) is 19.6. The number of rotatable bonds is 1. The lowest BCUT2D eigenvalue weighted by Crippen LogP contribution is -2.22. The summed E-state index contributed by atoms with van der Waals surface area (Å²) in [5.74, 6) is -0.549. The van der Waals surface area contributed by atoms with E-state index in [2.05, 4.69) is 10.3 Å². The average molecular weight is 246 g/mol. The van der Waals surface area contributed by atoms with Crippen LogP contribution < -0.4 is 11.1 Å². The van der Waals surface area contributed by atoms with Crippen LogP contribution in [0.3, 0.4) is 0 Å². The van der Waals surface area contributed by atoms with E-state index >= 15 is 0 Å². The van der Waals surface area contributed by atoms with Gasteiger partial charge in [-0.1, -0.05) is 30.3 Å². The van der Waals surface area contributed by atoms with E-state index < -0.39 is 0 Å². The standard InChI is InChI=1S/C11H10N4OS/c12-10(13)15-11-14-9(16)8(17-11)6-7-4-2-1-3-5-7/h1-6H,(H4,12,13,14,15,16). The van der Waals surface area contributed by atoms with Crippen molar-refractivity contribution in [2.75, 3.05) is 0 Å². The monoisotopic (exact) mass is 246 g/mol. The van der Waals surface area contributed by atoms with Gasteiger partial charge in [-0.05, 0) is 23.4 Å². The van der Waals surface area contributed by atoms with Crippen LogP contribution in [0.15, 0.2) is 40.2 Å². The number of amidine groups is 1. The SMILES string of the molecule is N=C(N)/N=C1/NC(=O)C(=Cc2ccccc2)S1. The lowest BCUT2D eigenvalue weighted by atomic mass is 10.2. The number of thioether (sulfide) groups is 1. The fourth-order valence-corrected chi connectivity index (χ4v) is 2.13. The second-order valence-corrected chi connectivity index (χ2v) is 4.31. The molecule has 1 aliphatic rings. The molecule has 0 atom stereocenters. The highest BCUT2D eigenvalue weighted by Gasteiger charge is 2.23. The second-order valence-electron chi connectivity index (χ2n) is 3.28. The fraction of sp³-hybridized carbons (Fsp3) is 0. The van der Waals surface area contributed by atoms with Crippen molar-refractivity contribution in [3.05, 3.63) is 40.8 Å². The van der Waals surface area contributed by atoms with E-state index in [0.29, 0.717) is 10.1 Å². The zero-order chi connectivity index (χ0) is 12.3.